The van der Waals surface area contributed by atoms with Crippen LogP contribution in [0.3, 0.4) is 0 Å². The topological polar surface area (TPSA) is 30.9 Å². The second-order valence-electron chi connectivity index (χ2n) is 4.19. The molecule has 4 heteroatoms. The first-order chi connectivity index (χ1) is 8.79. The molecule has 0 aliphatic rings. The van der Waals surface area contributed by atoms with Crippen molar-refractivity contribution in [3.05, 3.63) is 56.8 Å². The minimum atomic E-state index is 0.576. The first kappa shape index (κ1) is 12.0. The zero-order valence-corrected chi connectivity index (χ0v) is 12.2. The van der Waals surface area contributed by atoms with Crippen LogP contribution in [0.1, 0.15) is 10.4 Å². The summed E-state index contributed by atoms with van der Waals surface area (Å²) in [6.45, 7) is 1.46. The molecule has 92 valence electrons. The quantitative estimate of drug-likeness (QED) is 0.777. The summed E-state index contributed by atoms with van der Waals surface area (Å²) in [5.74, 6) is 0. The monoisotopic (exact) mass is 320 g/mol. The third-order valence-electron chi connectivity index (χ3n) is 3.10. The summed E-state index contributed by atoms with van der Waals surface area (Å²) in [7, 11) is 0. The standard InChI is InChI=1S/C14H13BrN2S/c15-12-5-7-18-13(12)9-17-6-4-10-2-1-3-11(8-16)14(10)17/h1-7H,8-9,16H2. The molecule has 0 amide bonds. The molecule has 0 fully saturated rings. The van der Waals surface area contributed by atoms with Crippen molar-refractivity contribution in [2.45, 2.75) is 13.1 Å². The van der Waals surface area contributed by atoms with Crippen molar-refractivity contribution in [2.24, 2.45) is 5.73 Å². The molecule has 2 N–H and O–H groups in total. The predicted octanol–water partition coefficient (Wildman–Crippen LogP) is 3.97. The van der Waals surface area contributed by atoms with Crippen molar-refractivity contribution in [3.8, 4) is 0 Å². The molecule has 0 spiro atoms. The third-order valence-corrected chi connectivity index (χ3v) is 5.01. The maximum absolute atomic E-state index is 5.83. The summed E-state index contributed by atoms with van der Waals surface area (Å²) in [4.78, 5) is 1.33. The highest BCUT2D eigenvalue weighted by molar-refractivity contribution is 9.10. The van der Waals surface area contributed by atoms with Crippen LogP contribution in [0, 0.1) is 0 Å². The van der Waals surface area contributed by atoms with Gasteiger partial charge in [0, 0.05) is 22.1 Å². The van der Waals surface area contributed by atoms with Gasteiger partial charge in [-0.1, -0.05) is 18.2 Å². The molecule has 2 nitrogen and oxygen atoms in total. The van der Waals surface area contributed by atoms with Gasteiger partial charge in [-0.2, -0.15) is 0 Å². The van der Waals surface area contributed by atoms with Crippen molar-refractivity contribution in [3.63, 3.8) is 0 Å². The van der Waals surface area contributed by atoms with E-state index in [9.17, 15) is 0 Å². The van der Waals surface area contributed by atoms with Gasteiger partial charge in [0.1, 0.15) is 0 Å². The number of para-hydroxylation sites is 1. The molecule has 0 aliphatic heterocycles. The van der Waals surface area contributed by atoms with Crippen molar-refractivity contribution >= 4 is 38.2 Å². The lowest BCUT2D eigenvalue weighted by Crippen LogP contribution is -2.02. The fourth-order valence-electron chi connectivity index (χ4n) is 2.23. The number of hydrogen-bond donors (Lipinski definition) is 1. The molecular weight excluding hydrogens is 308 g/mol. The Morgan fingerprint density at radius 3 is 2.83 bits per heavy atom. The van der Waals surface area contributed by atoms with E-state index in [2.05, 4.69) is 62.4 Å². The molecule has 0 atom stereocenters. The van der Waals surface area contributed by atoms with Crippen molar-refractivity contribution in [1.29, 1.82) is 0 Å². The molecule has 2 heterocycles. The van der Waals surface area contributed by atoms with E-state index in [0.29, 0.717) is 6.54 Å². The van der Waals surface area contributed by atoms with Crippen molar-refractivity contribution < 1.29 is 0 Å². The minimum Gasteiger partial charge on any atom is -0.342 e. The van der Waals surface area contributed by atoms with Crippen molar-refractivity contribution in [2.75, 3.05) is 0 Å². The third kappa shape index (κ3) is 2.00. The number of nitrogens with two attached hydrogens (primary N) is 1. The van der Waals surface area contributed by atoms with E-state index in [4.69, 9.17) is 5.73 Å². The Balaban J connectivity index is 2.10. The van der Waals surface area contributed by atoms with Crippen LogP contribution in [0.5, 0.6) is 0 Å². The van der Waals surface area contributed by atoms with E-state index in [1.807, 2.05) is 0 Å². The molecular formula is C14H13BrN2S. The zero-order valence-electron chi connectivity index (χ0n) is 9.77. The molecule has 3 rings (SSSR count). The van der Waals surface area contributed by atoms with E-state index >= 15 is 0 Å². The molecule has 0 radical (unpaired) electrons. The molecule has 0 bridgehead atoms. The van der Waals surface area contributed by atoms with Crippen LogP contribution in [-0.4, -0.2) is 4.57 Å². The smallest absolute Gasteiger partial charge is 0.0580 e. The normalized spacial score (nSPS) is 11.2. The lowest BCUT2D eigenvalue weighted by molar-refractivity contribution is 0.841. The van der Waals surface area contributed by atoms with Gasteiger partial charge in [0.25, 0.3) is 0 Å². The van der Waals surface area contributed by atoms with Gasteiger partial charge in [0.2, 0.25) is 0 Å². The molecule has 18 heavy (non-hydrogen) atoms. The lowest BCUT2D eigenvalue weighted by atomic mass is 10.1. The first-order valence-corrected chi connectivity index (χ1v) is 7.45. The van der Waals surface area contributed by atoms with Gasteiger partial charge in [0.15, 0.2) is 0 Å². The summed E-state index contributed by atoms with van der Waals surface area (Å²) in [6, 6.07) is 10.5. The number of halogens is 1. The van der Waals surface area contributed by atoms with E-state index in [0.717, 1.165) is 6.54 Å². The fraction of sp³-hybridized carbons (Fsp3) is 0.143. The highest BCUT2D eigenvalue weighted by Gasteiger charge is 2.08. The van der Waals surface area contributed by atoms with Crippen molar-refractivity contribution in [1.82, 2.24) is 4.57 Å². The van der Waals surface area contributed by atoms with Crippen LogP contribution in [-0.2, 0) is 13.1 Å². The highest BCUT2D eigenvalue weighted by atomic mass is 79.9. The molecule has 1 aromatic carbocycles. The number of thiophene rings is 1. The van der Waals surface area contributed by atoms with E-state index in [1.54, 1.807) is 11.3 Å². The number of nitrogens with zero attached hydrogens (tertiary/aromatic N) is 1. The van der Waals surface area contributed by atoms with Gasteiger partial charge in [-0.05, 0) is 44.4 Å². The van der Waals surface area contributed by atoms with Gasteiger partial charge in [-0.3, -0.25) is 0 Å². The van der Waals surface area contributed by atoms with Gasteiger partial charge < -0.3 is 10.3 Å². The molecule has 0 saturated carbocycles. The maximum Gasteiger partial charge on any atom is 0.0580 e. The summed E-state index contributed by atoms with van der Waals surface area (Å²) >= 11 is 5.35. The average Bonchev–Trinajstić information content (AvgIpc) is 2.97. The molecule has 2 aromatic heterocycles. The molecule has 3 aromatic rings. The molecule has 0 aliphatic carbocycles. The highest BCUT2D eigenvalue weighted by Crippen LogP contribution is 2.27. The number of fused-ring (bicyclic) bond motifs is 1. The Morgan fingerprint density at radius 2 is 2.11 bits per heavy atom. The Morgan fingerprint density at radius 1 is 1.22 bits per heavy atom. The van der Waals surface area contributed by atoms with Gasteiger partial charge in [-0.25, -0.2) is 0 Å². The van der Waals surface area contributed by atoms with Crippen LogP contribution in [0.4, 0.5) is 0 Å². The number of hydrogen-bond acceptors (Lipinski definition) is 2. The first-order valence-electron chi connectivity index (χ1n) is 5.78. The van der Waals surface area contributed by atoms with E-state index < -0.39 is 0 Å². The number of rotatable bonds is 3. The summed E-state index contributed by atoms with van der Waals surface area (Å²) < 4.78 is 3.45. The van der Waals surface area contributed by atoms with E-state index in [-0.39, 0.29) is 0 Å². The van der Waals surface area contributed by atoms with Gasteiger partial charge in [0.05, 0.1) is 12.1 Å². The largest absolute Gasteiger partial charge is 0.342 e. The molecule has 0 unspecified atom stereocenters. The average molecular weight is 321 g/mol. The van der Waals surface area contributed by atoms with Crippen LogP contribution in [0.2, 0.25) is 0 Å². The fourth-order valence-corrected chi connectivity index (χ4v) is 3.71. The van der Waals surface area contributed by atoms with Gasteiger partial charge >= 0.3 is 0 Å². The number of benzene rings is 1. The lowest BCUT2D eigenvalue weighted by Gasteiger charge is -2.08. The maximum atomic E-state index is 5.83. The second-order valence-corrected chi connectivity index (χ2v) is 6.05. The number of aromatic nitrogens is 1. The second kappa shape index (κ2) is 4.88. The zero-order chi connectivity index (χ0) is 12.5. The van der Waals surface area contributed by atoms with Crippen LogP contribution in [0.25, 0.3) is 10.9 Å². The summed E-state index contributed by atoms with van der Waals surface area (Å²) in [5.41, 5.74) is 8.28. The van der Waals surface area contributed by atoms with Crippen LogP contribution < -0.4 is 5.73 Å². The Hall–Kier alpha value is -1.10. The molecule has 0 saturated heterocycles. The minimum absolute atomic E-state index is 0.576. The van der Waals surface area contributed by atoms with Crippen LogP contribution >= 0.6 is 27.3 Å². The van der Waals surface area contributed by atoms with Crippen LogP contribution in [0.15, 0.2) is 46.4 Å². The Labute approximate surface area is 118 Å². The summed E-state index contributed by atoms with van der Waals surface area (Å²) in [6.07, 6.45) is 2.13. The summed E-state index contributed by atoms with van der Waals surface area (Å²) in [5, 5.41) is 3.36. The van der Waals surface area contributed by atoms with Gasteiger partial charge in [-0.15, -0.1) is 11.3 Å². The van der Waals surface area contributed by atoms with E-state index in [1.165, 1.54) is 25.8 Å². The predicted molar refractivity (Wildman–Crippen MR) is 81.0 cm³/mol. The SMILES string of the molecule is NCc1cccc2ccn(Cc3sccc3Br)c12. The Bertz CT molecular complexity index is 684. The Kier molecular flexibility index (Phi) is 3.24.